The lowest BCUT2D eigenvalue weighted by molar-refractivity contribution is 0.102. The SMILES string of the molecule is N#Cc1ccccc1Nc1cc(C(=O)Nc2c(Cl)cccc2Cl)ccn1. The molecule has 0 radical (unpaired) electrons. The molecule has 2 N–H and O–H groups in total. The number of amides is 1. The van der Waals surface area contributed by atoms with Crippen molar-refractivity contribution in [1.82, 2.24) is 4.98 Å². The average Bonchev–Trinajstić information content (AvgIpc) is 2.65. The van der Waals surface area contributed by atoms with E-state index in [0.29, 0.717) is 38.4 Å². The molecule has 1 amide bonds. The number of carbonyl (C=O) groups excluding carboxylic acids is 1. The number of nitrogens with one attached hydrogen (secondary N) is 2. The molecule has 26 heavy (non-hydrogen) atoms. The summed E-state index contributed by atoms with van der Waals surface area (Å²) in [6, 6.07) is 17.3. The fourth-order valence-electron chi connectivity index (χ4n) is 2.27. The number of anilines is 3. The van der Waals surface area contributed by atoms with Crippen molar-refractivity contribution in [3.63, 3.8) is 0 Å². The molecule has 7 heteroatoms. The quantitative estimate of drug-likeness (QED) is 0.645. The minimum absolute atomic E-state index is 0.348. The predicted octanol–water partition coefficient (Wildman–Crippen LogP) is 5.26. The Morgan fingerprint density at radius 3 is 2.50 bits per heavy atom. The molecule has 0 saturated heterocycles. The van der Waals surface area contributed by atoms with Crippen LogP contribution in [0.3, 0.4) is 0 Å². The number of benzene rings is 2. The van der Waals surface area contributed by atoms with Crippen LogP contribution in [0, 0.1) is 11.3 Å². The van der Waals surface area contributed by atoms with Crippen molar-refractivity contribution >= 4 is 46.3 Å². The highest BCUT2D eigenvalue weighted by Crippen LogP contribution is 2.30. The molecule has 0 bridgehead atoms. The van der Waals surface area contributed by atoms with Crippen LogP contribution in [-0.2, 0) is 0 Å². The van der Waals surface area contributed by atoms with E-state index in [0.717, 1.165) is 0 Å². The maximum Gasteiger partial charge on any atom is 0.255 e. The molecule has 0 saturated carbocycles. The van der Waals surface area contributed by atoms with E-state index in [1.807, 2.05) is 0 Å². The maximum atomic E-state index is 12.5. The van der Waals surface area contributed by atoms with Crippen molar-refractivity contribution < 1.29 is 4.79 Å². The van der Waals surface area contributed by atoms with Crippen LogP contribution in [0.2, 0.25) is 10.0 Å². The second-order valence-electron chi connectivity index (χ2n) is 5.26. The molecule has 2 aromatic carbocycles. The average molecular weight is 383 g/mol. The van der Waals surface area contributed by atoms with Crippen LogP contribution in [0.1, 0.15) is 15.9 Å². The number of halogens is 2. The minimum atomic E-state index is -0.376. The van der Waals surface area contributed by atoms with Gasteiger partial charge in [0.2, 0.25) is 0 Å². The highest BCUT2D eigenvalue weighted by atomic mass is 35.5. The topological polar surface area (TPSA) is 77.8 Å². The van der Waals surface area contributed by atoms with Gasteiger partial charge >= 0.3 is 0 Å². The van der Waals surface area contributed by atoms with E-state index in [2.05, 4.69) is 21.7 Å². The fourth-order valence-corrected chi connectivity index (χ4v) is 2.76. The van der Waals surface area contributed by atoms with Gasteiger partial charge in [-0.05, 0) is 36.4 Å². The molecule has 5 nitrogen and oxygen atoms in total. The standard InChI is InChI=1S/C19H12Cl2N4O/c20-14-5-3-6-15(21)18(14)25-19(26)12-8-9-23-17(10-12)24-16-7-2-1-4-13(16)11-22/h1-10H,(H,23,24)(H,25,26). The Bertz CT molecular complexity index is 994. The van der Waals surface area contributed by atoms with Crippen LogP contribution in [0.5, 0.6) is 0 Å². The largest absolute Gasteiger partial charge is 0.339 e. The first-order chi connectivity index (χ1) is 12.6. The molecule has 0 unspecified atom stereocenters. The van der Waals surface area contributed by atoms with Gasteiger partial charge in [0.05, 0.1) is 27.0 Å². The van der Waals surface area contributed by atoms with Crippen molar-refractivity contribution in [3.8, 4) is 6.07 Å². The summed E-state index contributed by atoms with van der Waals surface area (Å²) in [6.45, 7) is 0. The Labute approximate surface area is 160 Å². The first-order valence-corrected chi connectivity index (χ1v) is 8.31. The van der Waals surface area contributed by atoms with E-state index in [-0.39, 0.29) is 5.91 Å². The number of carbonyl (C=O) groups is 1. The van der Waals surface area contributed by atoms with E-state index < -0.39 is 0 Å². The third kappa shape index (κ3) is 3.94. The summed E-state index contributed by atoms with van der Waals surface area (Å²) >= 11 is 12.2. The number of pyridine rings is 1. The first kappa shape index (κ1) is 17.7. The lowest BCUT2D eigenvalue weighted by atomic mass is 10.2. The van der Waals surface area contributed by atoms with E-state index >= 15 is 0 Å². The number of nitrogens with zero attached hydrogens (tertiary/aromatic N) is 2. The molecular weight excluding hydrogens is 371 g/mol. The van der Waals surface area contributed by atoms with Gasteiger partial charge in [0.1, 0.15) is 11.9 Å². The van der Waals surface area contributed by atoms with Gasteiger partial charge in [0.15, 0.2) is 0 Å². The van der Waals surface area contributed by atoms with Gasteiger partial charge in [-0.15, -0.1) is 0 Å². The molecule has 3 aromatic rings. The molecule has 0 aliphatic carbocycles. The van der Waals surface area contributed by atoms with Gasteiger partial charge in [-0.25, -0.2) is 4.98 Å². The summed E-state index contributed by atoms with van der Waals surface area (Å²) in [5.41, 5.74) is 1.80. The molecule has 1 heterocycles. The normalized spacial score (nSPS) is 10.0. The van der Waals surface area contributed by atoms with Crippen LogP contribution in [0.15, 0.2) is 60.8 Å². The number of aromatic nitrogens is 1. The van der Waals surface area contributed by atoms with Crippen molar-refractivity contribution in [2.75, 3.05) is 10.6 Å². The molecule has 0 spiro atoms. The summed E-state index contributed by atoms with van der Waals surface area (Å²) in [4.78, 5) is 16.7. The second kappa shape index (κ2) is 7.87. The molecule has 1 aromatic heterocycles. The second-order valence-corrected chi connectivity index (χ2v) is 6.08. The highest BCUT2D eigenvalue weighted by molar-refractivity contribution is 6.40. The Morgan fingerprint density at radius 2 is 1.77 bits per heavy atom. The van der Waals surface area contributed by atoms with Crippen LogP contribution in [0.25, 0.3) is 0 Å². The number of para-hydroxylation sites is 2. The van der Waals surface area contributed by atoms with Gasteiger partial charge < -0.3 is 10.6 Å². The zero-order chi connectivity index (χ0) is 18.5. The summed E-state index contributed by atoms with van der Waals surface area (Å²) in [5.74, 6) is 0.0598. The van der Waals surface area contributed by atoms with E-state index in [4.69, 9.17) is 28.5 Å². The fraction of sp³-hybridized carbons (Fsp3) is 0. The van der Waals surface area contributed by atoms with Gasteiger partial charge in [-0.2, -0.15) is 5.26 Å². The molecular formula is C19H12Cl2N4O. The van der Waals surface area contributed by atoms with E-state index in [1.54, 1.807) is 54.6 Å². The van der Waals surface area contributed by atoms with E-state index in [9.17, 15) is 4.79 Å². The van der Waals surface area contributed by atoms with Gasteiger partial charge in [0.25, 0.3) is 5.91 Å². The summed E-state index contributed by atoms with van der Waals surface area (Å²) < 4.78 is 0. The van der Waals surface area contributed by atoms with Crippen LogP contribution in [0.4, 0.5) is 17.2 Å². The lowest BCUT2D eigenvalue weighted by Crippen LogP contribution is -2.13. The van der Waals surface area contributed by atoms with Crippen LogP contribution in [-0.4, -0.2) is 10.9 Å². The maximum absolute atomic E-state index is 12.5. The number of rotatable bonds is 4. The zero-order valence-corrected chi connectivity index (χ0v) is 14.8. The predicted molar refractivity (Wildman–Crippen MR) is 103 cm³/mol. The zero-order valence-electron chi connectivity index (χ0n) is 13.3. The van der Waals surface area contributed by atoms with Gasteiger partial charge in [0, 0.05) is 11.8 Å². The van der Waals surface area contributed by atoms with Gasteiger partial charge in [-0.1, -0.05) is 41.4 Å². The Balaban J connectivity index is 1.83. The third-order valence-corrected chi connectivity index (χ3v) is 4.16. The van der Waals surface area contributed by atoms with Crippen molar-refractivity contribution in [2.24, 2.45) is 0 Å². The smallest absolute Gasteiger partial charge is 0.255 e. The van der Waals surface area contributed by atoms with Crippen LogP contribution >= 0.6 is 23.2 Å². The molecule has 0 aliphatic heterocycles. The highest BCUT2D eigenvalue weighted by Gasteiger charge is 2.12. The molecule has 3 rings (SSSR count). The Kier molecular flexibility index (Phi) is 5.37. The summed E-state index contributed by atoms with van der Waals surface area (Å²) in [7, 11) is 0. The molecule has 0 aliphatic rings. The summed E-state index contributed by atoms with van der Waals surface area (Å²) in [5, 5.41) is 15.6. The number of nitriles is 1. The lowest BCUT2D eigenvalue weighted by Gasteiger charge is -2.11. The number of hydrogen-bond donors (Lipinski definition) is 2. The molecule has 128 valence electrons. The number of hydrogen-bond acceptors (Lipinski definition) is 4. The van der Waals surface area contributed by atoms with Crippen molar-refractivity contribution in [2.45, 2.75) is 0 Å². The molecule has 0 atom stereocenters. The monoisotopic (exact) mass is 382 g/mol. The first-order valence-electron chi connectivity index (χ1n) is 7.56. The Hall–Kier alpha value is -3.07. The van der Waals surface area contributed by atoms with Crippen molar-refractivity contribution in [1.29, 1.82) is 5.26 Å². The minimum Gasteiger partial charge on any atom is -0.339 e. The summed E-state index contributed by atoms with van der Waals surface area (Å²) in [6.07, 6.45) is 1.50. The van der Waals surface area contributed by atoms with Crippen molar-refractivity contribution in [3.05, 3.63) is 82.0 Å². The van der Waals surface area contributed by atoms with Gasteiger partial charge in [-0.3, -0.25) is 4.79 Å². The third-order valence-electron chi connectivity index (χ3n) is 3.53. The Morgan fingerprint density at radius 1 is 1.04 bits per heavy atom. The van der Waals surface area contributed by atoms with Crippen LogP contribution < -0.4 is 10.6 Å². The van der Waals surface area contributed by atoms with E-state index in [1.165, 1.54) is 6.20 Å². The molecule has 0 fully saturated rings.